The average Bonchev–Trinajstić information content (AvgIpc) is 3.14. The molecule has 0 radical (unpaired) electrons. The first-order chi connectivity index (χ1) is 14.9. The highest BCUT2D eigenvalue weighted by molar-refractivity contribution is 8.03. The summed E-state index contributed by atoms with van der Waals surface area (Å²) in [4.78, 5) is 41.5. The summed E-state index contributed by atoms with van der Waals surface area (Å²) in [5.74, 6) is -1.51. The van der Waals surface area contributed by atoms with Crippen LogP contribution >= 0.6 is 23.1 Å². The number of aryl methyl sites for hydroxylation is 1. The van der Waals surface area contributed by atoms with E-state index in [1.165, 1.54) is 11.3 Å². The number of ether oxygens (including phenoxy) is 2. The molecule has 0 aliphatic rings. The summed E-state index contributed by atoms with van der Waals surface area (Å²) in [5, 5.41) is 1.76. The Balaban J connectivity index is 1.79. The molecule has 0 saturated carbocycles. The van der Waals surface area contributed by atoms with Crippen LogP contribution in [-0.4, -0.2) is 41.3 Å². The first-order valence-electron chi connectivity index (χ1n) is 9.70. The summed E-state index contributed by atoms with van der Waals surface area (Å²) >= 11 is 2.32. The van der Waals surface area contributed by atoms with Crippen molar-refractivity contribution in [2.75, 3.05) is 18.5 Å². The zero-order valence-electron chi connectivity index (χ0n) is 17.3. The van der Waals surface area contributed by atoms with Gasteiger partial charge in [0.25, 0.3) is 5.91 Å². The average molecular weight is 459 g/mol. The van der Waals surface area contributed by atoms with E-state index in [1.807, 2.05) is 31.2 Å². The van der Waals surface area contributed by atoms with Crippen LogP contribution in [0.1, 0.15) is 29.8 Å². The van der Waals surface area contributed by atoms with Crippen molar-refractivity contribution in [3.05, 3.63) is 53.6 Å². The van der Waals surface area contributed by atoms with E-state index in [1.54, 1.807) is 32.0 Å². The number of rotatable bonds is 8. The highest BCUT2D eigenvalue weighted by atomic mass is 32.2. The highest BCUT2D eigenvalue weighted by Gasteiger charge is 2.32. The van der Waals surface area contributed by atoms with E-state index in [0.717, 1.165) is 22.0 Å². The Morgan fingerprint density at radius 2 is 1.74 bits per heavy atom. The maximum Gasteiger partial charge on any atom is 0.331 e. The maximum atomic E-state index is 12.6. The van der Waals surface area contributed by atoms with Gasteiger partial charge >= 0.3 is 11.9 Å². The number of hydrogen-bond donors (Lipinski definition) is 1. The number of nitrogens with zero attached hydrogens (tertiary/aromatic N) is 1. The molecule has 1 aromatic heterocycles. The number of esters is 2. The number of hydrogen-bond acceptors (Lipinski definition) is 8. The van der Waals surface area contributed by atoms with E-state index in [-0.39, 0.29) is 19.1 Å². The van der Waals surface area contributed by atoms with Gasteiger partial charge in [0.15, 0.2) is 4.34 Å². The monoisotopic (exact) mass is 458 g/mol. The molecule has 0 aliphatic carbocycles. The molecule has 9 heteroatoms. The molecule has 1 N–H and O–H groups in total. The summed E-state index contributed by atoms with van der Waals surface area (Å²) in [5.41, 5.74) is 2.83. The van der Waals surface area contributed by atoms with Crippen molar-refractivity contribution in [3.63, 3.8) is 0 Å². The molecule has 3 aromatic rings. The van der Waals surface area contributed by atoms with Gasteiger partial charge in [-0.05, 0) is 50.6 Å². The standard InChI is InChI=1S/C22H22N2O5S2/c1-4-28-20(26)18(21(27)29-5-2)31-22-24-16-11-10-14(12-17(16)30-22)23-19(25)15-9-7-6-8-13(15)3/h6-12,18H,4-5H2,1-3H3,(H,23,25). The number of aromatic nitrogens is 1. The molecule has 0 spiro atoms. The van der Waals surface area contributed by atoms with Gasteiger partial charge in [0.05, 0.1) is 23.4 Å². The lowest BCUT2D eigenvalue weighted by Gasteiger charge is -2.12. The van der Waals surface area contributed by atoms with Crippen molar-refractivity contribution in [2.45, 2.75) is 30.4 Å². The molecule has 0 fully saturated rings. The Morgan fingerprint density at radius 3 is 2.39 bits per heavy atom. The van der Waals surface area contributed by atoms with Crippen LogP contribution in [0.15, 0.2) is 46.8 Å². The van der Waals surface area contributed by atoms with Crippen molar-refractivity contribution in [3.8, 4) is 0 Å². The molecule has 0 aliphatic heterocycles. The first kappa shape index (κ1) is 22.8. The lowest BCUT2D eigenvalue weighted by Crippen LogP contribution is -2.30. The molecular weight excluding hydrogens is 436 g/mol. The van der Waals surface area contributed by atoms with Crippen molar-refractivity contribution in [2.24, 2.45) is 0 Å². The topological polar surface area (TPSA) is 94.6 Å². The van der Waals surface area contributed by atoms with Crippen LogP contribution < -0.4 is 5.32 Å². The van der Waals surface area contributed by atoms with Gasteiger partial charge in [-0.15, -0.1) is 11.3 Å². The van der Waals surface area contributed by atoms with E-state index in [4.69, 9.17) is 9.47 Å². The second-order valence-corrected chi connectivity index (χ2v) is 8.82. The summed E-state index contributed by atoms with van der Waals surface area (Å²) in [6, 6.07) is 12.7. The Morgan fingerprint density at radius 1 is 1.06 bits per heavy atom. The van der Waals surface area contributed by atoms with Gasteiger partial charge in [-0.1, -0.05) is 30.0 Å². The molecule has 3 rings (SSSR count). The maximum absolute atomic E-state index is 12.6. The van der Waals surface area contributed by atoms with Gasteiger partial charge in [0, 0.05) is 11.3 Å². The van der Waals surface area contributed by atoms with E-state index < -0.39 is 17.2 Å². The highest BCUT2D eigenvalue weighted by Crippen LogP contribution is 2.34. The molecule has 0 bridgehead atoms. The third-order valence-corrected chi connectivity index (χ3v) is 6.50. The number of thiazole rings is 1. The third-order valence-electron chi connectivity index (χ3n) is 4.24. The Hall–Kier alpha value is -2.91. The van der Waals surface area contributed by atoms with E-state index >= 15 is 0 Å². The number of carbonyl (C=O) groups excluding carboxylic acids is 3. The van der Waals surface area contributed by atoms with Crippen LogP contribution in [0.2, 0.25) is 0 Å². The molecule has 1 amide bonds. The predicted molar refractivity (Wildman–Crippen MR) is 122 cm³/mol. The second-order valence-electron chi connectivity index (χ2n) is 6.43. The van der Waals surface area contributed by atoms with Gasteiger partial charge in [0.2, 0.25) is 5.25 Å². The molecule has 31 heavy (non-hydrogen) atoms. The third kappa shape index (κ3) is 5.62. The molecular formula is C22H22N2O5S2. The van der Waals surface area contributed by atoms with E-state index in [0.29, 0.717) is 21.1 Å². The SMILES string of the molecule is CCOC(=O)C(Sc1nc2ccc(NC(=O)c3ccccc3C)cc2s1)C(=O)OCC. The quantitative estimate of drug-likeness (QED) is 0.303. The Bertz CT molecular complexity index is 1090. The minimum absolute atomic E-state index is 0.166. The van der Waals surface area contributed by atoms with Crippen LogP contribution in [0, 0.1) is 6.92 Å². The number of amides is 1. The fourth-order valence-electron chi connectivity index (χ4n) is 2.79. The number of anilines is 1. The van der Waals surface area contributed by atoms with Gasteiger partial charge in [-0.2, -0.15) is 0 Å². The number of nitrogens with one attached hydrogen (secondary N) is 1. The van der Waals surface area contributed by atoms with E-state index in [2.05, 4.69) is 10.3 Å². The zero-order valence-corrected chi connectivity index (χ0v) is 19.0. The minimum Gasteiger partial charge on any atom is -0.465 e. The number of benzene rings is 2. The molecule has 2 aromatic carbocycles. The summed E-state index contributed by atoms with van der Waals surface area (Å²) in [6.07, 6.45) is 0. The van der Waals surface area contributed by atoms with Gasteiger partial charge in [-0.25, -0.2) is 4.98 Å². The van der Waals surface area contributed by atoms with Gasteiger partial charge < -0.3 is 14.8 Å². The normalized spacial score (nSPS) is 10.8. The van der Waals surface area contributed by atoms with Crippen molar-refractivity contribution in [1.29, 1.82) is 0 Å². The second kappa shape index (κ2) is 10.4. The molecule has 1 heterocycles. The number of fused-ring (bicyclic) bond motifs is 1. The molecule has 0 atom stereocenters. The van der Waals surface area contributed by atoms with Crippen molar-refractivity contribution >= 4 is 56.8 Å². The Labute approximate surface area is 188 Å². The van der Waals surface area contributed by atoms with Gasteiger partial charge in [-0.3, -0.25) is 14.4 Å². The van der Waals surface area contributed by atoms with Crippen molar-refractivity contribution in [1.82, 2.24) is 4.98 Å². The number of thioether (sulfide) groups is 1. The Kier molecular flexibility index (Phi) is 7.64. The molecule has 0 unspecified atom stereocenters. The predicted octanol–water partition coefficient (Wildman–Crippen LogP) is 4.44. The van der Waals surface area contributed by atoms with Gasteiger partial charge in [0.1, 0.15) is 0 Å². The molecule has 0 saturated heterocycles. The smallest absolute Gasteiger partial charge is 0.331 e. The van der Waals surface area contributed by atoms with Crippen LogP contribution in [0.3, 0.4) is 0 Å². The minimum atomic E-state index is -1.14. The lowest BCUT2D eigenvalue weighted by atomic mass is 10.1. The van der Waals surface area contributed by atoms with Crippen molar-refractivity contribution < 1.29 is 23.9 Å². The lowest BCUT2D eigenvalue weighted by molar-refractivity contribution is -0.152. The summed E-state index contributed by atoms with van der Waals surface area (Å²) < 4.78 is 11.3. The number of carbonyl (C=O) groups is 3. The van der Waals surface area contributed by atoms with Crippen LogP contribution in [0.4, 0.5) is 5.69 Å². The first-order valence-corrected chi connectivity index (χ1v) is 11.4. The summed E-state index contributed by atoms with van der Waals surface area (Å²) in [6.45, 7) is 5.57. The largest absolute Gasteiger partial charge is 0.465 e. The zero-order chi connectivity index (χ0) is 22.4. The van der Waals surface area contributed by atoms with Crippen LogP contribution in [0.25, 0.3) is 10.2 Å². The van der Waals surface area contributed by atoms with Crippen LogP contribution in [0.5, 0.6) is 0 Å². The van der Waals surface area contributed by atoms with Crippen LogP contribution in [-0.2, 0) is 19.1 Å². The summed E-state index contributed by atoms with van der Waals surface area (Å²) in [7, 11) is 0. The fourth-order valence-corrected chi connectivity index (χ4v) is 4.95. The molecule has 162 valence electrons. The fraction of sp³-hybridized carbons (Fsp3) is 0.273. The van der Waals surface area contributed by atoms with E-state index in [9.17, 15) is 14.4 Å². The molecule has 7 nitrogen and oxygen atoms in total.